The Morgan fingerprint density at radius 2 is 2.29 bits per heavy atom. The predicted octanol–water partition coefficient (Wildman–Crippen LogP) is 1.95. The summed E-state index contributed by atoms with van der Waals surface area (Å²) in [5.74, 6) is 1.83. The molecule has 1 aliphatic heterocycles. The molecule has 0 spiro atoms. The molecule has 0 radical (unpaired) electrons. The largest absolute Gasteiger partial charge is 0.480 e. The molecule has 116 valence electrons. The molecule has 0 amide bonds. The molecule has 2 heterocycles. The van der Waals surface area contributed by atoms with Crippen molar-refractivity contribution in [2.24, 2.45) is 17.8 Å². The van der Waals surface area contributed by atoms with Gasteiger partial charge in [-0.25, -0.2) is 0 Å². The van der Waals surface area contributed by atoms with Crippen LogP contribution in [0.2, 0.25) is 0 Å². The highest BCUT2D eigenvalue weighted by Gasteiger charge is 2.47. The van der Waals surface area contributed by atoms with Crippen molar-refractivity contribution in [3.8, 4) is 0 Å². The summed E-state index contributed by atoms with van der Waals surface area (Å²) < 4.78 is 5.28. The molecule has 6 heteroatoms. The molecule has 1 aromatic rings. The molecule has 3 atom stereocenters. The summed E-state index contributed by atoms with van der Waals surface area (Å²) in [4.78, 5) is 18.0. The maximum absolute atomic E-state index is 11.6. The molecule has 1 saturated heterocycles. The molecule has 0 aromatic carbocycles. The minimum Gasteiger partial charge on any atom is -0.480 e. The average molecular weight is 293 g/mol. The highest BCUT2D eigenvalue weighted by Crippen LogP contribution is 2.42. The van der Waals surface area contributed by atoms with Crippen LogP contribution in [0.4, 0.5) is 0 Å². The number of likely N-dealkylation sites (tertiary alicyclic amines) is 1. The maximum Gasteiger partial charge on any atom is 0.321 e. The van der Waals surface area contributed by atoms with Gasteiger partial charge in [0.2, 0.25) is 5.89 Å². The van der Waals surface area contributed by atoms with Gasteiger partial charge < -0.3 is 9.63 Å². The summed E-state index contributed by atoms with van der Waals surface area (Å²) in [5, 5.41) is 13.5. The SMILES string of the molecule is CC(C)Cc1noc(CN2CC3CCCC3C2C(=O)O)n1. The first-order valence-corrected chi connectivity index (χ1v) is 7.83. The number of aromatic nitrogens is 2. The summed E-state index contributed by atoms with van der Waals surface area (Å²) in [6.45, 7) is 5.51. The Kier molecular flexibility index (Phi) is 3.97. The molecule has 1 saturated carbocycles. The summed E-state index contributed by atoms with van der Waals surface area (Å²) in [6.07, 6.45) is 4.12. The number of carboxylic acids is 1. The number of fused-ring (bicyclic) bond motifs is 1. The Morgan fingerprint density at radius 1 is 1.48 bits per heavy atom. The zero-order chi connectivity index (χ0) is 15.0. The van der Waals surface area contributed by atoms with Crippen LogP contribution in [0.25, 0.3) is 0 Å². The van der Waals surface area contributed by atoms with Crippen LogP contribution in [0, 0.1) is 17.8 Å². The first kappa shape index (κ1) is 14.5. The van der Waals surface area contributed by atoms with Crippen molar-refractivity contribution in [3.05, 3.63) is 11.7 Å². The average Bonchev–Trinajstić information content (AvgIpc) is 3.04. The zero-order valence-electron chi connectivity index (χ0n) is 12.7. The van der Waals surface area contributed by atoms with Gasteiger partial charge in [-0.15, -0.1) is 0 Å². The number of carboxylic acid groups (broad SMARTS) is 1. The molecule has 1 N–H and O–H groups in total. The van der Waals surface area contributed by atoms with E-state index in [1.807, 2.05) is 4.90 Å². The molecule has 1 aromatic heterocycles. The van der Waals surface area contributed by atoms with Crippen LogP contribution < -0.4 is 0 Å². The lowest BCUT2D eigenvalue weighted by atomic mass is 9.94. The second kappa shape index (κ2) is 5.75. The van der Waals surface area contributed by atoms with Gasteiger partial charge in [0.05, 0.1) is 6.54 Å². The number of aliphatic carboxylic acids is 1. The van der Waals surface area contributed by atoms with E-state index in [1.165, 1.54) is 0 Å². The van der Waals surface area contributed by atoms with E-state index in [9.17, 15) is 9.90 Å². The van der Waals surface area contributed by atoms with Crippen LogP contribution in [0.5, 0.6) is 0 Å². The molecule has 0 bridgehead atoms. The predicted molar refractivity (Wildman–Crippen MR) is 75.5 cm³/mol. The molecule has 1 aliphatic carbocycles. The van der Waals surface area contributed by atoms with E-state index in [2.05, 4.69) is 24.0 Å². The third kappa shape index (κ3) is 2.95. The van der Waals surface area contributed by atoms with Crippen molar-refractivity contribution in [2.75, 3.05) is 6.54 Å². The minimum absolute atomic E-state index is 0.292. The fourth-order valence-corrected chi connectivity index (χ4v) is 3.87. The normalized spacial score (nSPS) is 29.2. The van der Waals surface area contributed by atoms with Crippen molar-refractivity contribution in [3.63, 3.8) is 0 Å². The third-order valence-electron chi connectivity index (χ3n) is 4.68. The van der Waals surface area contributed by atoms with E-state index in [0.29, 0.717) is 36.0 Å². The topological polar surface area (TPSA) is 79.5 Å². The minimum atomic E-state index is -0.716. The summed E-state index contributed by atoms with van der Waals surface area (Å²) in [7, 11) is 0. The van der Waals surface area contributed by atoms with Crippen LogP contribution in [0.1, 0.15) is 44.8 Å². The van der Waals surface area contributed by atoms with Crippen LogP contribution >= 0.6 is 0 Å². The molecule has 21 heavy (non-hydrogen) atoms. The van der Waals surface area contributed by atoms with Crippen molar-refractivity contribution >= 4 is 5.97 Å². The highest BCUT2D eigenvalue weighted by molar-refractivity contribution is 5.74. The lowest BCUT2D eigenvalue weighted by Crippen LogP contribution is -2.39. The standard InChI is InChI=1S/C15H23N3O3/c1-9(2)6-12-16-13(21-17-12)8-18-7-10-4-3-5-11(10)14(18)15(19)20/h9-11,14H,3-8H2,1-2H3,(H,19,20). The highest BCUT2D eigenvalue weighted by atomic mass is 16.5. The van der Waals surface area contributed by atoms with Gasteiger partial charge >= 0.3 is 5.97 Å². The van der Waals surface area contributed by atoms with Crippen molar-refractivity contribution in [1.82, 2.24) is 15.0 Å². The van der Waals surface area contributed by atoms with Gasteiger partial charge in [0.15, 0.2) is 5.82 Å². The number of nitrogens with zero attached hydrogens (tertiary/aromatic N) is 3. The maximum atomic E-state index is 11.6. The molecule has 2 fully saturated rings. The molecule has 3 rings (SSSR count). The Labute approximate surface area is 124 Å². The number of rotatable bonds is 5. The van der Waals surface area contributed by atoms with Gasteiger partial charge in [-0.1, -0.05) is 25.4 Å². The quantitative estimate of drug-likeness (QED) is 0.894. The van der Waals surface area contributed by atoms with E-state index in [4.69, 9.17) is 4.52 Å². The fourth-order valence-electron chi connectivity index (χ4n) is 3.87. The first-order valence-electron chi connectivity index (χ1n) is 7.83. The molecule has 3 unspecified atom stereocenters. The van der Waals surface area contributed by atoms with E-state index >= 15 is 0 Å². The number of hydrogen-bond donors (Lipinski definition) is 1. The number of carbonyl (C=O) groups is 1. The van der Waals surface area contributed by atoms with E-state index in [-0.39, 0.29) is 0 Å². The van der Waals surface area contributed by atoms with Crippen molar-refractivity contribution in [2.45, 2.75) is 52.1 Å². The summed E-state index contributed by atoms with van der Waals surface area (Å²) in [6, 6.07) is -0.391. The zero-order valence-corrected chi connectivity index (χ0v) is 12.7. The molecule has 6 nitrogen and oxygen atoms in total. The molecular formula is C15H23N3O3. The van der Waals surface area contributed by atoms with Crippen molar-refractivity contribution < 1.29 is 14.4 Å². The Balaban J connectivity index is 1.69. The van der Waals surface area contributed by atoms with E-state index in [1.54, 1.807) is 0 Å². The van der Waals surface area contributed by atoms with Crippen LogP contribution in [0.15, 0.2) is 4.52 Å². The van der Waals surface area contributed by atoms with Gasteiger partial charge in [-0.05, 0) is 30.6 Å². The van der Waals surface area contributed by atoms with Crippen molar-refractivity contribution in [1.29, 1.82) is 0 Å². The van der Waals surface area contributed by atoms with E-state index in [0.717, 1.165) is 32.2 Å². The summed E-state index contributed by atoms with van der Waals surface area (Å²) >= 11 is 0. The van der Waals surface area contributed by atoms with E-state index < -0.39 is 12.0 Å². The second-order valence-electron chi connectivity index (χ2n) is 6.77. The number of hydrogen-bond acceptors (Lipinski definition) is 5. The molecule has 2 aliphatic rings. The van der Waals surface area contributed by atoms with Crippen LogP contribution in [0.3, 0.4) is 0 Å². The van der Waals surface area contributed by atoms with Gasteiger partial charge in [0, 0.05) is 13.0 Å². The lowest BCUT2D eigenvalue weighted by Gasteiger charge is -2.22. The third-order valence-corrected chi connectivity index (χ3v) is 4.68. The fraction of sp³-hybridized carbons (Fsp3) is 0.800. The summed E-state index contributed by atoms with van der Waals surface area (Å²) in [5.41, 5.74) is 0. The molecular weight excluding hydrogens is 270 g/mol. The Bertz CT molecular complexity index is 514. The van der Waals surface area contributed by atoms with Gasteiger partial charge in [-0.3, -0.25) is 9.69 Å². The van der Waals surface area contributed by atoms with Gasteiger partial charge in [0.1, 0.15) is 6.04 Å². The van der Waals surface area contributed by atoms with Gasteiger partial charge in [-0.2, -0.15) is 4.98 Å². The monoisotopic (exact) mass is 293 g/mol. The van der Waals surface area contributed by atoms with Crippen LogP contribution in [-0.2, 0) is 17.8 Å². The Morgan fingerprint density at radius 3 is 3.00 bits per heavy atom. The smallest absolute Gasteiger partial charge is 0.321 e. The lowest BCUT2D eigenvalue weighted by molar-refractivity contribution is -0.143. The Hall–Kier alpha value is -1.43. The van der Waals surface area contributed by atoms with Crippen LogP contribution in [-0.4, -0.2) is 38.7 Å². The second-order valence-corrected chi connectivity index (χ2v) is 6.77. The first-order chi connectivity index (χ1) is 10.0. The van der Waals surface area contributed by atoms with Gasteiger partial charge in [0.25, 0.3) is 0 Å².